The molecule has 0 spiro atoms. The van der Waals surface area contributed by atoms with Crippen molar-refractivity contribution in [2.75, 3.05) is 23.6 Å². The molecular weight excluding hydrogens is 788 g/mol. The topological polar surface area (TPSA) is 197 Å². The van der Waals surface area contributed by atoms with Gasteiger partial charge in [0.2, 0.25) is 12.2 Å². The van der Waals surface area contributed by atoms with Gasteiger partial charge in [-0.2, -0.15) is 4.98 Å². The predicted molar refractivity (Wildman–Crippen MR) is 215 cm³/mol. The lowest BCUT2D eigenvalue weighted by Gasteiger charge is -2.26. The first-order valence-electron chi connectivity index (χ1n) is 18.3. The molecule has 2 atom stereocenters. The maximum atomic E-state index is 14.0. The molecule has 18 heteroatoms. The molecule has 2 N–H and O–H groups in total. The van der Waals surface area contributed by atoms with Crippen LogP contribution in [0.3, 0.4) is 0 Å². The highest BCUT2D eigenvalue weighted by Crippen LogP contribution is 2.36. The highest BCUT2D eigenvalue weighted by Gasteiger charge is 2.33. The lowest BCUT2D eigenvalue weighted by molar-refractivity contribution is -0.168. The van der Waals surface area contributed by atoms with Gasteiger partial charge in [-0.05, 0) is 86.3 Å². The van der Waals surface area contributed by atoms with E-state index < -0.39 is 51.8 Å². The molecule has 1 unspecified atom stereocenters. The molecule has 2 heterocycles. The number of rotatable bonds is 13. The van der Waals surface area contributed by atoms with Crippen LogP contribution in [0.15, 0.2) is 90.0 Å². The first-order valence-corrected chi connectivity index (χ1v) is 20.2. The fourth-order valence-corrected chi connectivity index (χ4v) is 6.26. The highest BCUT2D eigenvalue weighted by molar-refractivity contribution is 7.90. The van der Waals surface area contributed by atoms with Crippen molar-refractivity contribution in [1.29, 1.82) is 0 Å². The number of halogens is 1. The Morgan fingerprint density at radius 1 is 0.898 bits per heavy atom. The van der Waals surface area contributed by atoms with E-state index in [1.165, 1.54) is 48.9 Å². The van der Waals surface area contributed by atoms with E-state index in [0.29, 0.717) is 22.5 Å². The Kier molecular flexibility index (Phi) is 13.2. The molecule has 0 saturated carbocycles. The molecule has 16 nitrogen and oxygen atoms in total. The van der Waals surface area contributed by atoms with E-state index in [1.54, 1.807) is 89.3 Å². The molecule has 3 amide bonds. The van der Waals surface area contributed by atoms with Gasteiger partial charge < -0.3 is 29.6 Å². The number of esters is 1. The normalized spacial score (nSPS) is 12.6. The Labute approximate surface area is 340 Å². The van der Waals surface area contributed by atoms with Crippen LogP contribution in [0.25, 0.3) is 16.8 Å². The van der Waals surface area contributed by atoms with E-state index in [2.05, 4.69) is 20.7 Å². The van der Waals surface area contributed by atoms with E-state index in [0.717, 1.165) is 16.7 Å². The van der Waals surface area contributed by atoms with Crippen molar-refractivity contribution in [2.45, 2.75) is 70.8 Å². The molecule has 0 bridgehead atoms. The molecule has 312 valence electrons. The number of pyridine rings is 1. The van der Waals surface area contributed by atoms with Crippen molar-refractivity contribution >= 4 is 56.9 Å². The van der Waals surface area contributed by atoms with Crippen LogP contribution in [-0.2, 0) is 40.1 Å². The number of ether oxygens (including phenoxy) is 4. The first kappa shape index (κ1) is 43.6. The van der Waals surface area contributed by atoms with Gasteiger partial charge in [-0.1, -0.05) is 38.1 Å². The molecular formula is C41H45FN6O10S. The van der Waals surface area contributed by atoms with Gasteiger partial charge in [-0.15, -0.1) is 5.10 Å². The number of amides is 3. The largest absolute Gasteiger partial charge is 0.495 e. The van der Waals surface area contributed by atoms with E-state index in [-0.39, 0.29) is 40.4 Å². The smallest absolute Gasteiger partial charge is 0.424 e. The van der Waals surface area contributed by atoms with Crippen LogP contribution in [-0.4, -0.2) is 78.4 Å². The fraction of sp³-hybridized carbons (Fsp3) is 0.317. The van der Waals surface area contributed by atoms with Crippen LogP contribution >= 0.6 is 0 Å². The number of carbonyl (C=O) groups is 4. The minimum Gasteiger partial charge on any atom is -0.495 e. The molecule has 0 radical (unpaired) electrons. The number of alkyl carbamates (subject to hydrolysis) is 1. The van der Waals surface area contributed by atoms with Crippen LogP contribution < -0.4 is 20.3 Å². The Hall–Kier alpha value is -6.56. The number of sulfone groups is 1. The SMILES string of the molecule is COc1cc(S(C)(=O)=O)ccc1N(C(=O)OC(C)OC(=O)[C@@H](NC(=O)OC(C)(C)C)C(C)C)c1nc2ccc(-c3ccc(NC(=O)Cc4ccc(F)cc4)cc3)cn2n1. The monoisotopic (exact) mass is 832 g/mol. The average molecular weight is 833 g/mol. The van der Waals surface area contributed by atoms with Gasteiger partial charge in [0.1, 0.15) is 23.2 Å². The van der Waals surface area contributed by atoms with Gasteiger partial charge in [0.05, 0.1) is 24.1 Å². The Morgan fingerprint density at radius 3 is 2.17 bits per heavy atom. The summed E-state index contributed by atoms with van der Waals surface area (Å²) < 4.78 is 61.2. The standard InChI is InChI=1S/C41H45FN6O10S/c1-24(2)36(45-39(51)58-41(4,5)6)37(50)56-25(3)57-40(52)48(32-19-18-31(59(8,53)54)22-33(32)55-7)38-44-34-20-13-28(23-47(34)46-38)27-11-16-30(17-12-27)43-35(49)21-26-9-14-29(42)15-10-26/h9-20,22-25,36H,21H2,1-8H3,(H,43,49)(H,45,51)/t25?,36-/m0/s1. The number of anilines is 3. The lowest BCUT2D eigenvalue weighted by Crippen LogP contribution is -2.48. The maximum Gasteiger partial charge on any atom is 0.424 e. The summed E-state index contributed by atoms with van der Waals surface area (Å²) in [7, 11) is -2.40. The molecule has 3 aromatic carbocycles. The summed E-state index contributed by atoms with van der Waals surface area (Å²) in [5.74, 6) is -2.23. The van der Waals surface area contributed by atoms with Gasteiger partial charge in [-0.3, -0.25) is 4.79 Å². The fourth-order valence-electron chi connectivity index (χ4n) is 5.62. The van der Waals surface area contributed by atoms with Crippen LogP contribution in [0.5, 0.6) is 5.75 Å². The number of nitrogens with one attached hydrogen (secondary N) is 2. The third-order valence-electron chi connectivity index (χ3n) is 8.44. The molecule has 5 rings (SSSR count). The number of aromatic nitrogens is 3. The van der Waals surface area contributed by atoms with Gasteiger partial charge in [0.25, 0.3) is 5.95 Å². The minimum atomic E-state index is -3.68. The second-order valence-electron chi connectivity index (χ2n) is 14.8. The summed E-state index contributed by atoms with van der Waals surface area (Å²) in [5.41, 5.74) is 2.16. The first-order chi connectivity index (χ1) is 27.7. The van der Waals surface area contributed by atoms with Crippen LogP contribution in [0, 0.1) is 11.7 Å². The molecule has 59 heavy (non-hydrogen) atoms. The van der Waals surface area contributed by atoms with E-state index >= 15 is 0 Å². The van der Waals surface area contributed by atoms with Gasteiger partial charge in [-0.25, -0.2) is 36.6 Å². The Morgan fingerprint density at radius 2 is 1.56 bits per heavy atom. The Balaban J connectivity index is 1.40. The maximum absolute atomic E-state index is 14.0. The van der Waals surface area contributed by atoms with Crippen LogP contribution in [0.2, 0.25) is 0 Å². The molecule has 0 saturated heterocycles. The van der Waals surface area contributed by atoms with E-state index in [1.807, 2.05) is 0 Å². The third kappa shape index (κ3) is 11.5. The highest BCUT2D eigenvalue weighted by atomic mass is 32.2. The van der Waals surface area contributed by atoms with Gasteiger partial charge in [0.15, 0.2) is 15.5 Å². The number of hydrogen-bond donors (Lipinski definition) is 2. The van der Waals surface area contributed by atoms with Crippen molar-refractivity contribution in [1.82, 2.24) is 19.9 Å². The lowest BCUT2D eigenvalue weighted by atomic mass is 10.1. The molecule has 0 aliphatic carbocycles. The van der Waals surface area contributed by atoms with Crippen molar-refractivity contribution in [3.05, 3.63) is 96.4 Å². The van der Waals surface area contributed by atoms with Crippen molar-refractivity contribution in [3.8, 4) is 16.9 Å². The van der Waals surface area contributed by atoms with Crippen molar-refractivity contribution in [2.24, 2.45) is 5.92 Å². The molecule has 5 aromatic rings. The number of benzene rings is 3. The average Bonchev–Trinajstić information content (AvgIpc) is 3.56. The van der Waals surface area contributed by atoms with Gasteiger partial charge >= 0.3 is 18.2 Å². The zero-order valence-electron chi connectivity index (χ0n) is 33.7. The second kappa shape index (κ2) is 17.9. The molecule has 2 aromatic heterocycles. The van der Waals surface area contributed by atoms with E-state index in [9.17, 15) is 32.0 Å². The summed E-state index contributed by atoms with van der Waals surface area (Å²) in [5, 5.41) is 9.84. The van der Waals surface area contributed by atoms with Crippen molar-refractivity contribution in [3.63, 3.8) is 0 Å². The second-order valence-corrected chi connectivity index (χ2v) is 16.8. The molecule has 0 fully saturated rings. The predicted octanol–water partition coefficient (Wildman–Crippen LogP) is 6.84. The summed E-state index contributed by atoms with van der Waals surface area (Å²) in [6, 6.07) is 18.8. The zero-order chi connectivity index (χ0) is 43.2. The van der Waals surface area contributed by atoms with Crippen LogP contribution in [0.4, 0.5) is 31.3 Å². The third-order valence-corrected chi connectivity index (χ3v) is 9.55. The number of nitrogens with zero attached hydrogens (tertiary/aromatic N) is 4. The zero-order valence-corrected chi connectivity index (χ0v) is 34.5. The van der Waals surface area contributed by atoms with Crippen LogP contribution in [0.1, 0.15) is 47.1 Å². The molecule has 0 aliphatic heterocycles. The van der Waals surface area contributed by atoms with E-state index in [4.69, 9.17) is 18.9 Å². The number of carbonyl (C=O) groups excluding carboxylic acids is 4. The van der Waals surface area contributed by atoms with Crippen molar-refractivity contribution < 1.29 is 50.9 Å². The Bertz CT molecular complexity index is 2450. The summed E-state index contributed by atoms with van der Waals surface area (Å²) in [4.78, 5) is 57.6. The summed E-state index contributed by atoms with van der Waals surface area (Å²) in [6.07, 6.45) is -0.705. The van der Waals surface area contributed by atoms with Gasteiger partial charge in [0, 0.05) is 36.7 Å². The summed E-state index contributed by atoms with van der Waals surface area (Å²) in [6.45, 7) is 9.69. The number of methoxy groups -OCH3 is 1. The summed E-state index contributed by atoms with van der Waals surface area (Å²) >= 11 is 0. The number of hydrogen-bond acceptors (Lipinski definition) is 12. The molecule has 0 aliphatic rings. The minimum absolute atomic E-state index is 0.00303. The quantitative estimate of drug-likeness (QED) is 0.0927. The number of fused-ring (bicyclic) bond motifs is 1.